The monoisotopic (exact) mass is 292 g/mol. The van der Waals surface area contributed by atoms with Gasteiger partial charge in [0.15, 0.2) is 0 Å². The van der Waals surface area contributed by atoms with Crippen LogP contribution in [0.25, 0.3) is 0 Å². The van der Waals surface area contributed by atoms with E-state index < -0.39 is 0 Å². The van der Waals surface area contributed by atoms with Gasteiger partial charge < -0.3 is 14.5 Å². The first-order valence-electron chi connectivity index (χ1n) is 8.56. The summed E-state index contributed by atoms with van der Waals surface area (Å²) in [5.74, 6) is 1.65. The van der Waals surface area contributed by atoms with Gasteiger partial charge in [0.25, 0.3) is 0 Å². The van der Waals surface area contributed by atoms with Gasteiger partial charge >= 0.3 is 0 Å². The molecule has 118 valence electrons. The zero-order chi connectivity index (χ0) is 15.1. The minimum absolute atomic E-state index is 0.641. The number of nitrogens with one attached hydrogen (secondary N) is 2. The van der Waals surface area contributed by atoms with Crippen molar-refractivity contribution < 1.29 is 14.5 Å². The Balaban J connectivity index is 1.64. The molecule has 0 bridgehead atoms. The van der Waals surface area contributed by atoms with Crippen LogP contribution >= 0.6 is 0 Å². The van der Waals surface area contributed by atoms with Crippen LogP contribution in [-0.2, 0) is 0 Å². The average Bonchev–Trinajstić information content (AvgIpc) is 2.53. The van der Waals surface area contributed by atoms with Crippen LogP contribution in [0, 0.1) is 0 Å². The molecule has 1 atom stereocenters. The zero-order valence-electron chi connectivity index (χ0n) is 14.0. The summed E-state index contributed by atoms with van der Waals surface area (Å²) in [6.45, 7) is 11.9. The fourth-order valence-electron chi connectivity index (χ4n) is 2.92. The molecule has 1 fully saturated rings. The second-order valence-corrected chi connectivity index (χ2v) is 6.54. The van der Waals surface area contributed by atoms with Gasteiger partial charge in [-0.15, -0.1) is 0 Å². The van der Waals surface area contributed by atoms with E-state index in [-0.39, 0.29) is 0 Å². The Morgan fingerprint density at radius 3 is 2.38 bits per heavy atom. The summed E-state index contributed by atoms with van der Waals surface area (Å²) < 4.78 is 5.87. The van der Waals surface area contributed by atoms with E-state index in [1.165, 1.54) is 44.7 Å². The molecular weight excluding hydrogens is 260 g/mol. The third kappa shape index (κ3) is 5.33. The third-order valence-corrected chi connectivity index (χ3v) is 4.82. The molecule has 0 spiro atoms. The smallest absolute Gasteiger partial charge is 0.127 e. The molecule has 1 heterocycles. The lowest BCUT2D eigenvalue weighted by molar-refractivity contribution is -1.00. The van der Waals surface area contributed by atoms with E-state index >= 15 is 0 Å². The molecule has 21 heavy (non-hydrogen) atoms. The molecule has 0 aliphatic carbocycles. The van der Waals surface area contributed by atoms with Gasteiger partial charge in [0, 0.05) is 6.42 Å². The lowest BCUT2D eigenvalue weighted by atomic mass is 9.99. The van der Waals surface area contributed by atoms with Crippen molar-refractivity contribution in [1.29, 1.82) is 0 Å². The molecule has 1 saturated heterocycles. The van der Waals surface area contributed by atoms with E-state index in [9.17, 15) is 0 Å². The van der Waals surface area contributed by atoms with Crippen LogP contribution in [0.4, 0.5) is 0 Å². The van der Waals surface area contributed by atoms with Gasteiger partial charge in [0.05, 0.1) is 20.2 Å². The van der Waals surface area contributed by atoms with Crippen molar-refractivity contribution in [2.75, 3.05) is 46.4 Å². The molecule has 0 aromatic heterocycles. The first kappa shape index (κ1) is 16.3. The fraction of sp³-hybridized carbons (Fsp3) is 0.667. The first-order valence-corrected chi connectivity index (χ1v) is 8.56. The Morgan fingerprint density at radius 1 is 1.10 bits per heavy atom. The fourth-order valence-corrected chi connectivity index (χ4v) is 2.92. The van der Waals surface area contributed by atoms with Gasteiger partial charge in [-0.3, -0.25) is 0 Å². The van der Waals surface area contributed by atoms with E-state index in [1.807, 2.05) is 0 Å². The Morgan fingerprint density at radius 2 is 1.76 bits per heavy atom. The van der Waals surface area contributed by atoms with Crippen LogP contribution in [0.3, 0.4) is 0 Å². The van der Waals surface area contributed by atoms with Gasteiger partial charge in [-0.25, -0.2) is 0 Å². The van der Waals surface area contributed by atoms with Crippen molar-refractivity contribution in [3.8, 4) is 5.75 Å². The van der Waals surface area contributed by atoms with Crippen molar-refractivity contribution in [2.45, 2.75) is 32.6 Å². The number of rotatable bonds is 7. The molecule has 0 saturated carbocycles. The van der Waals surface area contributed by atoms with Crippen LogP contribution < -0.4 is 14.5 Å². The van der Waals surface area contributed by atoms with Crippen LogP contribution in [0.1, 0.15) is 38.2 Å². The third-order valence-electron chi connectivity index (χ3n) is 4.82. The highest BCUT2D eigenvalue weighted by molar-refractivity contribution is 5.29. The highest BCUT2D eigenvalue weighted by Crippen LogP contribution is 2.21. The number of piperazine rings is 1. The Labute approximate surface area is 129 Å². The topological polar surface area (TPSA) is 18.1 Å². The van der Waals surface area contributed by atoms with Crippen molar-refractivity contribution in [3.05, 3.63) is 29.8 Å². The normalized spacial score (nSPS) is 23.8. The minimum Gasteiger partial charge on any atom is -0.493 e. The van der Waals surface area contributed by atoms with Crippen molar-refractivity contribution >= 4 is 0 Å². The van der Waals surface area contributed by atoms with Crippen molar-refractivity contribution in [1.82, 2.24) is 0 Å². The molecule has 1 unspecified atom stereocenters. The van der Waals surface area contributed by atoms with Gasteiger partial charge in [-0.2, -0.15) is 0 Å². The predicted octanol–water partition coefficient (Wildman–Crippen LogP) is 0.382. The van der Waals surface area contributed by atoms with Crippen LogP contribution in [0.5, 0.6) is 5.75 Å². The number of hydrogen-bond acceptors (Lipinski definition) is 1. The highest BCUT2D eigenvalue weighted by Gasteiger charge is 2.18. The molecule has 3 heteroatoms. The Kier molecular flexibility index (Phi) is 6.52. The Bertz CT molecular complexity index is 396. The molecule has 1 aliphatic heterocycles. The lowest BCUT2D eigenvalue weighted by Crippen LogP contribution is -3.27. The van der Waals surface area contributed by atoms with E-state index in [4.69, 9.17) is 4.74 Å². The molecule has 0 amide bonds. The molecular formula is C18H32N2O+2. The summed E-state index contributed by atoms with van der Waals surface area (Å²) in [4.78, 5) is 3.42. The second-order valence-electron chi connectivity index (χ2n) is 6.54. The average molecular weight is 292 g/mol. The molecule has 1 aromatic carbocycles. The maximum Gasteiger partial charge on any atom is 0.127 e. The number of benzene rings is 1. The molecule has 2 N–H and O–H groups in total. The van der Waals surface area contributed by atoms with E-state index in [1.54, 1.807) is 9.80 Å². The molecule has 3 nitrogen and oxygen atoms in total. The highest BCUT2D eigenvalue weighted by atomic mass is 16.5. The molecule has 0 radical (unpaired) electrons. The van der Waals surface area contributed by atoms with E-state index in [2.05, 4.69) is 45.2 Å². The summed E-state index contributed by atoms with van der Waals surface area (Å²) in [6, 6.07) is 8.65. The number of ether oxygens (including phenoxy) is 1. The van der Waals surface area contributed by atoms with Gasteiger partial charge in [0.1, 0.15) is 31.9 Å². The summed E-state index contributed by atoms with van der Waals surface area (Å²) in [5.41, 5.74) is 1.41. The van der Waals surface area contributed by atoms with E-state index in [0.717, 1.165) is 18.8 Å². The van der Waals surface area contributed by atoms with E-state index in [0.29, 0.717) is 5.92 Å². The van der Waals surface area contributed by atoms with Gasteiger partial charge in [-0.05, 0) is 30.0 Å². The summed E-state index contributed by atoms with van der Waals surface area (Å²) >= 11 is 0. The van der Waals surface area contributed by atoms with Gasteiger partial charge in [0.2, 0.25) is 0 Å². The summed E-state index contributed by atoms with van der Waals surface area (Å²) in [7, 11) is 2.29. The standard InChI is InChI=1S/C18H30N2O/c1-4-16(2)17-6-8-18(9-7-17)21-15-5-10-20-13-11-19(3)12-14-20/h6-9,16H,4-5,10-15H2,1-3H3/p+2. The first-order chi connectivity index (χ1) is 10.2. The van der Waals surface area contributed by atoms with Crippen LogP contribution in [0.15, 0.2) is 24.3 Å². The molecule has 1 aliphatic rings. The largest absolute Gasteiger partial charge is 0.493 e. The van der Waals surface area contributed by atoms with Gasteiger partial charge in [-0.1, -0.05) is 26.0 Å². The predicted molar refractivity (Wildman–Crippen MR) is 87.4 cm³/mol. The quantitative estimate of drug-likeness (QED) is 0.696. The second kappa shape index (κ2) is 8.40. The zero-order valence-corrected chi connectivity index (χ0v) is 14.0. The molecule has 1 aromatic rings. The number of quaternary nitrogens is 2. The molecule has 2 rings (SSSR count). The number of likely N-dealkylation sites (N-methyl/N-ethyl adjacent to an activating group) is 1. The Hall–Kier alpha value is -1.06. The maximum atomic E-state index is 5.87. The van der Waals surface area contributed by atoms with Crippen LogP contribution in [0.2, 0.25) is 0 Å². The van der Waals surface area contributed by atoms with Crippen molar-refractivity contribution in [3.63, 3.8) is 0 Å². The van der Waals surface area contributed by atoms with Crippen LogP contribution in [-0.4, -0.2) is 46.4 Å². The maximum absolute atomic E-state index is 5.87. The minimum atomic E-state index is 0.641. The van der Waals surface area contributed by atoms with Crippen molar-refractivity contribution in [2.24, 2.45) is 0 Å². The SMILES string of the molecule is CCC(C)c1ccc(OCCC[NH+]2CC[NH+](C)CC2)cc1. The number of hydrogen-bond donors (Lipinski definition) is 2. The summed E-state index contributed by atoms with van der Waals surface area (Å²) in [6.07, 6.45) is 2.34. The lowest BCUT2D eigenvalue weighted by Gasteiger charge is -2.27. The summed E-state index contributed by atoms with van der Waals surface area (Å²) in [5, 5.41) is 0.